The molecule has 0 aliphatic heterocycles. The quantitative estimate of drug-likeness (QED) is 0.822. The summed E-state index contributed by atoms with van der Waals surface area (Å²) in [6, 6.07) is 1.58. The van der Waals surface area contributed by atoms with E-state index in [-0.39, 0.29) is 13.2 Å². The van der Waals surface area contributed by atoms with E-state index in [1.165, 1.54) is 12.4 Å². The number of alkyl halides is 3. The third-order valence-corrected chi connectivity index (χ3v) is 2.21. The highest BCUT2D eigenvalue weighted by atomic mass is 19.4. The van der Waals surface area contributed by atoms with E-state index in [9.17, 15) is 13.2 Å². The number of pyridine rings is 1. The lowest BCUT2D eigenvalue weighted by Crippen LogP contribution is -2.36. The van der Waals surface area contributed by atoms with Crippen molar-refractivity contribution in [1.29, 1.82) is 0 Å². The van der Waals surface area contributed by atoms with Crippen molar-refractivity contribution >= 4 is 11.4 Å². The van der Waals surface area contributed by atoms with Crippen LogP contribution in [0, 0.1) is 0 Å². The minimum atomic E-state index is -4.32. The smallest absolute Gasteiger partial charge is 0.395 e. The standard InChI is InChI=1S/C11H16F3N3O/c1-2-16-9-5-10(7-15-6-9)17(3-4-18)8-11(12,13)14/h5-7,16,18H,2-4,8H2,1H3. The van der Waals surface area contributed by atoms with E-state index in [4.69, 9.17) is 5.11 Å². The van der Waals surface area contributed by atoms with Gasteiger partial charge in [-0.25, -0.2) is 0 Å². The molecular weight excluding hydrogens is 247 g/mol. The number of halogens is 3. The average molecular weight is 263 g/mol. The van der Waals surface area contributed by atoms with Gasteiger partial charge in [0.05, 0.1) is 30.4 Å². The normalized spacial score (nSPS) is 11.4. The van der Waals surface area contributed by atoms with Gasteiger partial charge in [0.15, 0.2) is 0 Å². The first-order chi connectivity index (χ1) is 8.46. The molecule has 0 spiro atoms. The number of hydrogen-bond acceptors (Lipinski definition) is 4. The Morgan fingerprint density at radius 1 is 1.39 bits per heavy atom. The monoisotopic (exact) mass is 263 g/mol. The molecule has 0 atom stereocenters. The Balaban J connectivity index is 2.87. The number of aliphatic hydroxyl groups excluding tert-OH is 1. The summed E-state index contributed by atoms with van der Waals surface area (Å²) in [4.78, 5) is 4.93. The van der Waals surface area contributed by atoms with Gasteiger partial charge in [-0.15, -0.1) is 0 Å². The molecule has 1 heterocycles. The highest BCUT2D eigenvalue weighted by Gasteiger charge is 2.30. The lowest BCUT2D eigenvalue weighted by Gasteiger charge is -2.25. The zero-order valence-corrected chi connectivity index (χ0v) is 10.0. The predicted molar refractivity (Wildman–Crippen MR) is 63.8 cm³/mol. The van der Waals surface area contributed by atoms with Crippen molar-refractivity contribution in [2.45, 2.75) is 13.1 Å². The van der Waals surface area contributed by atoms with Crippen LogP contribution in [0.4, 0.5) is 24.5 Å². The van der Waals surface area contributed by atoms with Gasteiger partial charge >= 0.3 is 6.18 Å². The molecule has 0 fully saturated rings. The molecule has 4 nitrogen and oxygen atoms in total. The van der Waals surface area contributed by atoms with Crippen LogP contribution in [0.3, 0.4) is 0 Å². The number of nitrogens with zero attached hydrogens (tertiary/aromatic N) is 2. The molecule has 1 aromatic heterocycles. The topological polar surface area (TPSA) is 48.4 Å². The summed E-state index contributed by atoms with van der Waals surface area (Å²) in [5, 5.41) is 11.8. The van der Waals surface area contributed by atoms with E-state index in [0.717, 1.165) is 4.90 Å². The molecule has 102 valence electrons. The SMILES string of the molecule is CCNc1cncc(N(CCO)CC(F)(F)F)c1. The van der Waals surface area contributed by atoms with Gasteiger partial charge in [-0.1, -0.05) is 0 Å². The molecule has 7 heteroatoms. The molecule has 1 aromatic rings. The Morgan fingerprint density at radius 2 is 2.11 bits per heavy atom. The lowest BCUT2D eigenvalue weighted by atomic mass is 10.3. The molecule has 0 saturated carbocycles. The number of nitrogens with one attached hydrogen (secondary N) is 1. The number of hydrogen-bond donors (Lipinski definition) is 2. The van der Waals surface area contributed by atoms with E-state index in [1.807, 2.05) is 6.92 Å². The third kappa shape index (κ3) is 4.79. The van der Waals surface area contributed by atoms with E-state index in [1.54, 1.807) is 6.07 Å². The maximum Gasteiger partial charge on any atom is 0.405 e. The number of aliphatic hydroxyl groups is 1. The molecule has 0 saturated heterocycles. The maximum absolute atomic E-state index is 12.4. The van der Waals surface area contributed by atoms with Gasteiger partial charge in [-0.2, -0.15) is 13.2 Å². The molecule has 0 aliphatic carbocycles. The van der Waals surface area contributed by atoms with Crippen LogP contribution >= 0.6 is 0 Å². The van der Waals surface area contributed by atoms with Gasteiger partial charge in [0.25, 0.3) is 0 Å². The van der Waals surface area contributed by atoms with Crippen LogP contribution in [0.25, 0.3) is 0 Å². The molecule has 0 bridgehead atoms. The molecule has 0 amide bonds. The van der Waals surface area contributed by atoms with Crippen LogP contribution in [0.2, 0.25) is 0 Å². The fourth-order valence-corrected chi connectivity index (χ4v) is 1.54. The fraction of sp³-hybridized carbons (Fsp3) is 0.545. The number of anilines is 2. The summed E-state index contributed by atoms with van der Waals surface area (Å²) in [6.45, 7) is 1.00. The van der Waals surface area contributed by atoms with Crippen molar-refractivity contribution in [3.63, 3.8) is 0 Å². The minimum Gasteiger partial charge on any atom is -0.395 e. The molecule has 2 N–H and O–H groups in total. The van der Waals surface area contributed by atoms with Gasteiger partial charge in [-0.3, -0.25) is 4.98 Å². The highest BCUT2D eigenvalue weighted by Crippen LogP contribution is 2.23. The van der Waals surface area contributed by atoms with E-state index < -0.39 is 12.7 Å². The van der Waals surface area contributed by atoms with Crippen molar-refractivity contribution in [2.75, 3.05) is 36.5 Å². The van der Waals surface area contributed by atoms with Crippen molar-refractivity contribution in [2.24, 2.45) is 0 Å². The van der Waals surface area contributed by atoms with Crippen LogP contribution in [0.15, 0.2) is 18.5 Å². The Hall–Kier alpha value is -1.50. The zero-order valence-electron chi connectivity index (χ0n) is 10.0. The Bertz CT molecular complexity index is 371. The second-order valence-electron chi connectivity index (χ2n) is 3.72. The number of rotatable bonds is 6. The first-order valence-electron chi connectivity index (χ1n) is 5.57. The summed E-state index contributed by atoms with van der Waals surface area (Å²) in [7, 11) is 0. The average Bonchev–Trinajstić information content (AvgIpc) is 2.28. The largest absolute Gasteiger partial charge is 0.405 e. The summed E-state index contributed by atoms with van der Waals surface area (Å²) < 4.78 is 37.2. The molecule has 0 radical (unpaired) electrons. The van der Waals surface area contributed by atoms with Gasteiger partial charge in [0.1, 0.15) is 6.54 Å². The number of aromatic nitrogens is 1. The van der Waals surface area contributed by atoms with Crippen LogP contribution < -0.4 is 10.2 Å². The van der Waals surface area contributed by atoms with E-state index in [0.29, 0.717) is 17.9 Å². The summed E-state index contributed by atoms with van der Waals surface area (Å²) in [5.74, 6) is 0. The second kappa shape index (κ2) is 6.44. The summed E-state index contributed by atoms with van der Waals surface area (Å²) >= 11 is 0. The van der Waals surface area contributed by atoms with Crippen molar-refractivity contribution in [3.05, 3.63) is 18.5 Å². The molecular formula is C11H16F3N3O. The molecule has 0 aromatic carbocycles. The van der Waals surface area contributed by atoms with Crippen molar-refractivity contribution < 1.29 is 18.3 Å². The van der Waals surface area contributed by atoms with Gasteiger partial charge in [0.2, 0.25) is 0 Å². The zero-order chi connectivity index (χ0) is 13.6. The Morgan fingerprint density at radius 3 is 2.67 bits per heavy atom. The Kier molecular flexibility index (Phi) is 5.21. The highest BCUT2D eigenvalue weighted by molar-refractivity contribution is 5.55. The van der Waals surface area contributed by atoms with Crippen LogP contribution in [-0.2, 0) is 0 Å². The van der Waals surface area contributed by atoms with E-state index >= 15 is 0 Å². The first-order valence-corrected chi connectivity index (χ1v) is 5.57. The second-order valence-corrected chi connectivity index (χ2v) is 3.72. The van der Waals surface area contributed by atoms with Gasteiger partial charge < -0.3 is 15.3 Å². The van der Waals surface area contributed by atoms with Crippen LogP contribution in [0.1, 0.15) is 6.92 Å². The Labute approximate surface area is 103 Å². The predicted octanol–water partition coefficient (Wildman–Crippen LogP) is 1.87. The van der Waals surface area contributed by atoms with Crippen LogP contribution in [0.5, 0.6) is 0 Å². The van der Waals surface area contributed by atoms with Crippen molar-refractivity contribution in [3.8, 4) is 0 Å². The molecule has 18 heavy (non-hydrogen) atoms. The van der Waals surface area contributed by atoms with Gasteiger partial charge in [0, 0.05) is 13.1 Å². The third-order valence-electron chi connectivity index (χ3n) is 2.21. The fourth-order valence-electron chi connectivity index (χ4n) is 1.54. The van der Waals surface area contributed by atoms with Gasteiger partial charge in [-0.05, 0) is 13.0 Å². The summed E-state index contributed by atoms with van der Waals surface area (Å²) in [6.07, 6.45) is -1.43. The van der Waals surface area contributed by atoms with Crippen molar-refractivity contribution in [1.82, 2.24) is 4.98 Å². The van der Waals surface area contributed by atoms with Crippen LogP contribution in [-0.4, -0.2) is 42.5 Å². The van der Waals surface area contributed by atoms with E-state index in [2.05, 4.69) is 10.3 Å². The maximum atomic E-state index is 12.4. The lowest BCUT2D eigenvalue weighted by molar-refractivity contribution is -0.119. The molecule has 0 unspecified atom stereocenters. The molecule has 0 aliphatic rings. The first kappa shape index (κ1) is 14.6. The summed E-state index contributed by atoms with van der Waals surface area (Å²) in [5.41, 5.74) is 0.986. The minimum absolute atomic E-state index is 0.0865. The molecule has 1 rings (SSSR count).